The van der Waals surface area contributed by atoms with Crippen LogP contribution in [0.2, 0.25) is 0 Å². The van der Waals surface area contributed by atoms with Crippen molar-refractivity contribution >= 4 is 33.1 Å². The van der Waals surface area contributed by atoms with Crippen LogP contribution < -0.4 is 10.1 Å². The summed E-state index contributed by atoms with van der Waals surface area (Å²) in [6.07, 6.45) is 2.09. The van der Waals surface area contributed by atoms with E-state index in [1.54, 1.807) is 29.0 Å². The van der Waals surface area contributed by atoms with Crippen molar-refractivity contribution < 1.29 is 9.53 Å². The van der Waals surface area contributed by atoms with Crippen molar-refractivity contribution in [3.05, 3.63) is 53.5 Å². The average Bonchev–Trinajstić information content (AvgIpc) is 3.03. The van der Waals surface area contributed by atoms with Crippen LogP contribution in [0.15, 0.2) is 48.0 Å². The zero-order valence-electron chi connectivity index (χ0n) is 12.9. The molecule has 0 fully saturated rings. The molecule has 0 unspecified atom stereocenters. The second-order valence-corrected chi connectivity index (χ2v) is 6.11. The van der Waals surface area contributed by atoms with Gasteiger partial charge >= 0.3 is 0 Å². The molecule has 118 valence electrons. The summed E-state index contributed by atoms with van der Waals surface area (Å²) < 4.78 is 6.70. The number of carbonyl (C=O) groups is 1. The van der Waals surface area contributed by atoms with E-state index in [0.717, 1.165) is 34.5 Å². The van der Waals surface area contributed by atoms with Crippen LogP contribution in [0.1, 0.15) is 30.1 Å². The first-order chi connectivity index (χ1) is 11.3. The Morgan fingerprint density at radius 2 is 2.17 bits per heavy atom. The van der Waals surface area contributed by atoms with E-state index in [1.165, 1.54) is 0 Å². The first kappa shape index (κ1) is 15.5. The molecule has 23 heavy (non-hydrogen) atoms. The van der Waals surface area contributed by atoms with Gasteiger partial charge in [0.15, 0.2) is 0 Å². The Balaban J connectivity index is 1.70. The first-order valence-corrected chi connectivity index (χ1v) is 8.51. The highest BCUT2D eigenvalue weighted by molar-refractivity contribution is 7.16. The van der Waals surface area contributed by atoms with Crippen LogP contribution in [0.25, 0.3) is 10.2 Å². The smallest absolute Gasteiger partial charge is 0.255 e. The zero-order valence-corrected chi connectivity index (χ0v) is 13.7. The molecule has 0 aliphatic rings. The lowest BCUT2D eigenvalue weighted by atomic mass is 10.2. The number of hydrogen-bond donors (Lipinski definition) is 1. The van der Waals surface area contributed by atoms with Gasteiger partial charge in [0.25, 0.3) is 5.91 Å². The van der Waals surface area contributed by atoms with Gasteiger partial charge in [-0.05, 0) is 42.8 Å². The van der Waals surface area contributed by atoms with E-state index in [4.69, 9.17) is 4.74 Å². The molecule has 0 aliphatic carbocycles. The van der Waals surface area contributed by atoms with E-state index in [-0.39, 0.29) is 5.91 Å². The fourth-order valence-corrected chi connectivity index (χ4v) is 2.91. The quantitative estimate of drug-likeness (QED) is 0.666. The molecule has 1 aromatic heterocycles. The molecule has 0 saturated carbocycles. The number of aromatic nitrogens is 1. The molecule has 0 aliphatic heterocycles. The molecule has 5 heteroatoms. The molecule has 1 heterocycles. The molecule has 1 amide bonds. The number of anilines is 1. The number of thiazole rings is 1. The number of rotatable bonds is 6. The topological polar surface area (TPSA) is 51.2 Å². The average molecular weight is 326 g/mol. The Labute approximate surface area is 139 Å². The van der Waals surface area contributed by atoms with Crippen LogP contribution in [0.4, 0.5) is 5.69 Å². The summed E-state index contributed by atoms with van der Waals surface area (Å²) in [6, 6.07) is 13.0. The Morgan fingerprint density at radius 1 is 1.26 bits per heavy atom. The van der Waals surface area contributed by atoms with Crippen molar-refractivity contribution in [2.75, 3.05) is 11.9 Å². The second kappa shape index (κ2) is 7.24. The maximum absolute atomic E-state index is 12.4. The molecule has 0 radical (unpaired) electrons. The maximum atomic E-state index is 12.4. The number of hydrogen-bond acceptors (Lipinski definition) is 4. The van der Waals surface area contributed by atoms with E-state index in [0.29, 0.717) is 12.2 Å². The van der Waals surface area contributed by atoms with Crippen LogP contribution in [0, 0.1) is 0 Å². The van der Waals surface area contributed by atoms with Gasteiger partial charge in [-0.25, -0.2) is 4.98 Å². The minimum absolute atomic E-state index is 0.144. The third-order valence-corrected chi connectivity index (χ3v) is 4.24. The number of unbranched alkanes of at least 4 members (excludes halogenated alkanes) is 1. The van der Waals surface area contributed by atoms with Crippen LogP contribution >= 0.6 is 11.3 Å². The highest BCUT2D eigenvalue weighted by Crippen LogP contribution is 2.22. The predicted octanol–water partition coefficient (Wildman–Crippen LogP) is 4.73. The number of fused-ring (bicyclic) bond motifs is 1. The second-order valence-electron chi connectivity index (χ2n) is 5.22. The van der Waals surface area contributed by atoms with Gasteiger partial charge in [-0.1, -0.05) is 19.4 Å². The third kappa shape index (κ3) is 3.87. The SMILES string of the molecule is CCCCOc1cccc(C(=O)Nc2ccc3ncsc3c2)c1. The van der Waals surface area contributed by atoms with Crippen LogP contribution in [-0.2, 0) is 0 Å². The summed E-state index contributed by atoms with van der Waals surface area (Å²) in [4.78, 5) is 16.6. The van der Waals surface area contributed by atoms with Gasteiger partial charge < -0.3 is 10.1 Å². The fourth-order valence-electron chi connectivity index (χ4n) is 2.20. The Morgan fingerprint density at radius 3 is 3.04 bits per heavy atom. The molecule has 0 bridgehead atoms. The summed E-state index contributed by atoms with van der Waals surface area (Å²) in [5.74, 6) is 0.582. The van der Waals surface area contributed by atoms with Crippen molar-refractivity contribution in [2.24, 2.45) is 0 Å². The number of ether oxygens (including phenoxy) is 1. The van der Waals surface area contributed by atoms with Crippen molar-refractivity contribution in [1.29, 1.82) is 0 Å². The van der Waals surface area contributed by atoms with E-state index in [1.807, 2.05) is 30.3 Å². The van der Waals surface area contributed by atoms with Crippen molar-refractivity contribution in [3.63, 3.8) is 0 Å². The fraction of sp³-hybridized carbons (Fsp3) is 0.222. The lowest BCUT2D eigenvalue weighted by Crippen LogP contribution is -2.12. The van der Waals surface area contributed by atoms with Gasteiger partial charge in [0.2, 0.25) is 0 Å². The summed E-state index contributed by atoms with van der Waals surface area (Å²) in [7, 11) is 0. The van der Waals surface area contributed by atoms with Crippen molar-refractivity contribution in [2.45, 2.75) is 19.8 Å². The molecular weight excluding hydrogens is 308 g/mol. The van der Waals surface area contributed by atoms with Gasteiger partial charge in [0.05, 0.1) is 22.3 Å². The van der Waals surface area contributed by atoms with E-state index >= 15 is 0 Å². The minimum atomic E-state index is -0.144. The lowest BCUT2D eigenvalue weighted by molar-refractivity contribution is 0.102. The largest absolute Gasteiger partial charge is 0.494 e. The number of nitrogens with zero attached hydrogens (tertiary/aromatic N) is 1. The number of carbonyl (C=O) groups excluding carboxylic acids is 1. The first-order valence-electron chi connectivity index (χ1n) is 7.64. The van der Waals surface area contributed by atoms with Crippen LogP contribution in [0.5, 0.6) is 5.75 Å². The van der Waals surface area contributed by atoms with Gasteiger partial charge in [-0.2, -0.15) is 0 Å². The molecule has 0 atom stereocenters. The Hall–Kier alpha value is -2.40. The summed E-state index contributed by atoms with van der Waals surface area (Å²) in [5.41, 5.74) is 4.10. The van der Waals surface area contributed by atoms with Gasteiger partial charge in [-0.3, -0.25) is 4.79 Å². The van der Waals surface area contributed by atoms with Crippen molar-refractivity contribution in [3.8, 4) is 5.75 Å². The summed E-state index contributed by atoms with van der Waals surface area (Å²) in [6.45, 7) is 2.79. The number of amides is 1. The summed E-state index contributed by atoms with van der Waals surface area (Å²) >= 11 is 1.56. The lowest BCUT2D eigenvalue weighted by Gasteiger charge is -2.08. The van der Waals surface area contributed by atoms with E-state index in [9.17, 15) is 4.79 Å². The maximum Gasteiger partial charge on any atom is 0.255 e. The molecule has 0 spiro atoms. The monoisotopic (exact) mass is 326 g/mol. The molecule has 0 saturated heterocycles. The number of benzene rings is 2. The highest BCUT2D eigenvalue weighted by atomic mass is 32.1. The Kier molecular flexibility index (Phi) is 4.88. The van der Waals surface area contributed by atoms with Gasteiger partial charge in [0.1, 0.15) is 5.75 Å². The van der Waals surface area contributed by atoms with Crippen LogP contribution in [-0.4, -0.2) is 17.5 Å². The van der Waals surface area contributed by atoms with Gasteiger partial charge in [-0.15, -0.1) is 11.3 Å². The standard InChI is InChI=1S/C18H18N2O2S/c1-2-3-9-22-15-6-4-5-13(10-15)18(21)20-14-7-8-16-17(11-14)23-12-19-16/h4-8,10-12H,2-3,9H2,1H3,(H,20,21). The van der Waals surface area contributed by atoms with Crippen molar-refractivity contribution in [1.82, 2.24) is 4.98 Å². The van der Waals surface area contributed by atoms with E-state index < -0.39 is 0 Å². The predicted molar refractivity (Wildman–Crippen MR) is 94.4 cm³/mol. The Bertz CT molecular complexity index is 813. The van der Waals surface area contributed by atoms with E-state index in [2.05, 4.69) is 17.2 Å². The zero-order chi connectivity index (χ0) is 16.1. The third-order valence-electron chi connectivity index (χ3n) is 3.45. The summed E-state index contributed by atoms with van der Waals surface area (Å²) in [5, 5.41) is 2.92. The van der Waals surface area contributed by atoms with Gasteiger partial charge in [0, 0.05) is 11.3 Å². The molecule has 4 nitrogen and oxygen atoms in total. The molecule has 2 aromatic carbocycles. The highest BCUT2D eigenvalue weighted by Gasteiger charge is 2.08. The molecule has 1 N–H and O–H groups in total. The minimum Gasteiger partial charge on any atom is -0.494 e. The van der Waals surface area contributed by atoms with Crippen LogP contribution in [0.3, 0.4) is 0 Å². The molecular formula is C18H18N2O2S. The molecule has 3 rings (SSSR count). The molecule has 3 aromatic rings. The number of nitrogens with one attached hydrogen (secondary N) is 1. The normalized spacial score (nSPS) is 10.7.